The summed E-state index contributed by atoms with van der Waals surface area (Å²) in [5.41, 5.74) is -0.791. The van der Waals surface area contributed by atoms with Crippen molar-refractivity contribution < 1.29 is 22.8 Å². The summed E-state index contributed by atoms with van der Waals surface area (Å²) >= 11 is 1.04. The average molecular weight is 460 g/mol. The van der Waals surface area contributed by atoms with E-state index in [1.54, 1.807) is 18.2 Å². The molecule has 7 nitrogen and oxygen atoms in total. The van der Waals surface area contributed by atoms with Gasteiger partial charge in [-0.05, 0) is 23.8 Å². The molecule has 0 fully saturated rings. The number of rotatable bonds is 5. The zero-order valence-corrected chi connectivity index (χ0v) is 17.1. The van der Waals surface area contributed by atoms with Crippen molar-refractivity contribution in [2.75, 3.05) is 10.6 Å². The summed E-state index contributed by atoms with van der Waals surface area (Å²) in [6, 6.07) is 8.66. The number of aromatic nitrogens is 2. The molecule has 0 spiro atoms. The molecule has 2 heterocycles. The molecule has 0 saturated heterocycles. The lowest BCUT2D eigenvalue weighted by Gasteiger charge is -2.23. The maximum Gasteiger partial charge on any atom is 0.257 e. The van der Waals surface area contributed by atoms with Crippen molar-refractivity contribution in [3.63, 3.8) is 0 Å². The molecule has 0 radical (unpaired) electrons. The van der Waals surface area contributed by atoms with Gasteiger partial charge >= 0.3 is 0 Å². The Balaban J connectivity index is 1.60. The largest absolute Gasteiger partial charge is 0.323 e. The molecule has 4 rings (SSSR count). The normalized spacial score (nSPS) is 15.1. The van der Waals surface area contributed by atoms with Crippen molar-refractivity contribution in [1.29, 1.82) is 0 Å². The number of hydrogen-bond donors (Lipinski definition) is 3. The molecule has 1 aliphatic heterocycles. The van der Waals surface area contributed by atoms with Crippen LogP contribution in [-0.2, 0) is 15.3 Å². The molecule has 0 bridgehead atoms. The number of benzene rings is 2. The standard InChI is InChI=1S/C21H15F3N4O3S/c22-11-5-6-14(24)15(7-11)25-19(30)12-8-16(29)26-18-17(12)20(31)28-21(27-18)32-9-10-3-1-2-4-13(10)23/h1-7,12H,8-9H2,(H,25,30)(H2,26,27,28,29,31)/t12-/m0/s1. The minimum Gasteiger partial charge on any atom is -0.323 e. The van der Waals surface area contributed by atoms with E-state index < -0.39 is 46.4 Å². The van der Waals surface area contributed by atoms with E-state index in [1.807, 2.05) is 0 Å². The van der Waals surface area contributed by atoms with Crippen molar-refractivity contribution in [2.24, 2.45) is 0 Å². The molecule has 1 aliphatic rings. The number of H-pyrrole nitrogens is 1. The summed E-state index contributed by atoms with van der Waals surface area (Å²) in [6.07, 6.45) is -0.373. The monoisotopic (exact) mass is 460 g/mol. The van der Waals surface area contributed by atoms with E-state index in [0.717, 1.165) is 30.0 Å². The first-order valence-electron chi connectivity index (χ1n) is 9.38. The van der Waals surface area contributed by atoms with Crippen LogP contribution in [0.15, 0.2) is 52.4 Å². The molecule has 11 heteroatoms. The highest BCUT2D eigenvalue weighted by Crippen LogP contribution is 2.31. The average Bonchev–Trinajstić information content (AvgIpc) is 2.75. The van der Waals surface area contributed by atoms with Gasteiger partial charge < -0.3 is 15.6 Å². The molecule has 164 valence electrons. The molecule has 3 aromatic rings. The van der Waals surface area contributed by atoms with Gasteiger partial charge in [-0.15, -0.1) is 0 Å². The van der Waals surface area contributed by atoms with Crippen LogP contribution in [0.2, 0.25) is 0 Å². The molecule has 2 amide bonds. The van der Waals surface area contributed by atoms with Crippen molar-refractivity contribution in [3.05, 3.63) is 81.4 Å². The van der Waals surface area contributed by atoms with Crippen LogP contribution in [0.25, 0.3) is 0 Å². The van der Waals surface area contributed by atoms with E-state index in [9.17, 15) is 27.6 Å². The summed E-state index contributed by atoms with van der Waals surface area (Å²) in [5, 5.41) is 4.78. The van der Waals surface area contributed by atoms with Gasteiger partial charge in [0.2, 0.25) is 11.8 Å². The molecule has 0 unspecified atom stereocenters. The molecular weight excluding hydrogens is 445 g/mol. The number of amides is 2. The second kappa shape index (κ2) is 8.87. The SMILES string of the molecule is O=C1C[C@H](C(=O)Nc2cc(F)ccc2F)c2c(nc(SCc3ccccc3F)[nH]c2=O)N1. The van der Waals surface area contributed by atoms with E-state index in [4.69, 9.17) is 0 Å². The van der Waals surface area contributed by atoms with Gasteiger partial charge in [-0.1, -0.05) is 30.0 Å². The Kier molecular flexibility index (Phi) is 5.99. The number of nitrogens with zero attached hydrogens (tertiary/aromatic N) is 1. The fourth-order valence-electron chi connectivity index (χ4n) is 3.22. The topological polar surface area (TPSA) is 104 Å². The first-order valence-corrected chi connectivity index (χ1v) is 10.4. The lowest BCUT2D eigenvalue weighted by Crippen LogP contribution is -2.36. The number of carbonyl (C=O) groups excluding carboxylic acids is 2. The number of carbonyl (C=O) groups is 2. The van der Waals surface area contributed by atoms with Gasteiger partial charge in [0.05, 0.1) is 17.2 Å². The lowest BCUT2D eigenvalue weighted by molar-refractivity contribution is -0.123. The summed E-state index contributed by atoms with van der Waals surface area (Å²) in [5.74, 6) is -4.67. The summed E-state index contributed by atoms with van der Waals surface area (Å²) in [4.78, 5) is 44.3. The maximum atomic E-state index is 13.9. The van der Waals surface area contributed by atoms with Crippen molar-refractivity contribution in [1.82, 2.24) is 9.97 Å². The van der Waals surface area contributed by atoms with Crippen LogP contribution in [0.3, 0.4) is 0 Å². The Bertz CT molecular complexity index is 1280. The Labute approximate surface area is 183 Å². The highest BCUT2D eigenvalue weighted by atomic mass is 32.2. The van der Waals surface area contributed by atoms with E-state index in [1.165, 1.54) is 6.07 Å². The number of hydrogen-bond acceptors (Lipinski definition) is 5. The molecule has 0 aliphatic carbocycles. The Hall–Kier alpha value is -3.60. The van der Waals surface area contributed by atoms with E-state index in [-0.39, 0.29) is 28.7 Å². The van der Waals surface area contributed by atoms with Crippen molar-refractivity contribution >= 4 is 35.1 Å². The summed E-state index contributed by atoms with van der Waals surface area (Å²) < 4.78 is 41.1. The van der Waals surface area contributed by atoms with Crippen LogP contribution in [0.1, 0.15) is 23.5 Å². The van der Waals surface area contributed by atoms with Gasteiger partial charge in [0.15, 0.2) is 5.16 Å². The van der Waals surface area contributed by atoms with Gasteiger partial charge in [0, 0.05) is 18.2 Å². The van der Waals surface area contributed by atoms with Gasteiger partial charge in [-0.25, -0.2) is 18.2 Å². The maximum absolute atomic E-state index is 13.9. The Morgan fingerprint density at radius 1 is 1.12 bits per heavy atom. The van der Waals surface area contributed by atoms with Crippen molar-refractivity contribution in [2.45, 2.75) is 23.2 Å². The number of fused-ring (bicyclic) bond motifs is 1. The van der Waals surface area contributed by atoms with Gasteiger partial charge in [0.25, 0.3) is 5.56 Å². The van der Waals surface area contributed by atoms with Crippen LogP contribution >= 0.6 is 11.8 Å². The molecule has 2 aromatic carbocycles. The number of thioether (sulfide) groups is 1. The predicted molar refractivity (Wildman–Crippen MR) is 112 cm³/mol. The fourth-order valence-corrected chi connectivity index (χ4v) is 4.06. The lowest BCUT2D eigenvalue weighted by atomic mass is 9.92. The molecule has 32 heavy (non-hydrogen) atoms. The Morgan fingerprint density at radius 2 is 1.91 bits per heavy atom. The number of halogens is 3. The van der Waals surface area contributed by atoms with Crippen LogP contribution in [0.5, 0.6) is 0 Å². The highest BCUT2D eigenvalue weighted by molar-refractivity contribution is 7.98. The van der Waals surface area contributed by atoms with Gasteiger partial charge in [0.1, 0.15) is 23.3 Å². The number of anilines is 2. The molecule has 1 aromatic heterocycles. The number of aromatic amines is 1. The zero-order valence-electron chi connectivity index (χ0n) is 16.2. The zero-order chi connectivity index (χ0) is 22.8. The van der Waals surface area contributed by atoms with Crippen molar-refractivity contribution in [3.8, 4) is 0 Å². The predicted octanol–water partition coefficient (Wildman–Crippen LogP) is 3.54. The minimum absolute atomic E-state index is 0.103. The third kappa shape index (κ3) is 4.52. The second-order valence-electron chi connectivity index (χ2n) is 6.93. The smallest absolute Gasteiger partial charge is 0.257 e. The quantitative estimate of drug-likeness (QED) is 0.399. The first kappa shape index (κ1) is 21.6. The van der Waals surface area contributed by atoms with E-state index in [2.05, 4.69) is 20.6 Å². The minimum atomic E-state index is -1.26. The number of nitrogens with one attached hydrogen (secondary N) is 3. The molecule has 3 N–H and O–H groups in total. The van der Waals surface area contributed by atoms with Crippen LogP contribution in [0.4, 0.5) is 24.7 Å². The fraction of sp³-hybridized carbons (Fsp3) is 0.143. The third-order valence-electron chi connectivity index (χ3n) is 4.75. The van der Waals surface area contributed by atoms with Crippen LogP contribution in [0, 0.1) is 17.5 Å². The summed E-state index contributed by atoms with van der Waals surface area (Å²) in [6.45, 7) is 0. The van der Waals surface area contributed by atoms with E-state index in [0.29, 0.717) is 5.56 Å². The second-order valence-corrected chi connectivity index (χ2v) is 7.90. The van der Waals surface area contributed by atoms with Crippen LogP contribution < -0.4 is 16.2 Å². The highest BCUT2D eigenvalue weighted by Gasteiger charge is 2.35. The first-order chi connectivity index (χ1) is 15.3. The third-order valence-corrected chi connectivity index (χ3v) is 5.68. The molecular formula is C21H15F3N4O3S. The van der Waals surface area contributed by atoms with Crippen LogP contribution in [-0.4, -0.2) is 21.8 Å². The molecule has 1 atom stereocenters. The Morgan fingerprint density at radius 3 is 2.69 bits per heavy atom. The summed E-state index contributed by atoms with van der Waals surface area (Å²) in [7, 11) is 0. The van der Waals surface area contributed by atoms with Gasteiger partial charge in [-0.2, -0.15) is 0 Å². The van der Waals surface area contributed by atoms with Gasteiger partial charge in [-0.3, -0.25) is 14.4 Å². The molecule has 0 saturated carbocycles. The van der Waals surface area contributed by atoms with E-state index >= 15 is 0 Å².